The Morgan fingerprint density at radius 1 is 1.50 bits per heavy atom. The first-order valence-electron chi connectivity index (χ1n) is 7.79. The molecule has 0 spiro atoms. The predicted molar refractivity (Wildman–Crippen MR) is 81.8 cm³/mol. The van der Waals surface area contributed by atoms with E-state index in [0.717, 1.165) is 38.4 Å². The van der Waals surface area contributed by atoms with Crippen LogP contribution in [-0.2, 0) is 18.2 Å². The van der Waals surface area contributed by atoms with Gasteiger partial charge in [0, 0.05) is 31.3 Å². The van der Waals surface area contributed by atoms with Gasteiger partial charge >= 0.3 is 0 Å². The Morgan fingerprint density at radius 2 is 2.30 bits per heavy atom. The van der Waals surface area contributed by atoms with Crippen LogP contribution in [0.3, 0.4) is 0 Å². The van der Waals surface area contributed by atoms with Crippen LogP contribution in [0.1, 0.15) is 38.1 Å². The molecular weight excluding hydrogens is 250 g/mol. The summed E-state index contributed by atoms with van der Waals surface area (Å²) in [5, 5.41) is 8.10. The summed E-state index contributed by atoms with van der Waals surface area (Å²) in [4.78, 5) is 0. The highest BCUT2D eigenvalue weighted by molar-refractivity contribution is 5.11. The molecule has 1 fully saturated rings. The summed E-state index contributed by atoms with van der Waals surface area (Å²) in [5.74, 6) is 0.690. The van der Waals surface area contributed by atoms with Crippen LogP contribution < -0.4 is 5.32 Å². The molecule has 2 heterocycles. The average molecular weight is 279 g/mol. The van der Waals surface area contributed by atoms with Crippen molar-refractivity contribution in [1.82, 2.24) is 15.1 Å². The molecule has 1 aromatic rings. The normalized spacial score (nSPS) is 23.4. The molecule has 20 heavy (non-hydrogen) atoms. The molecule has 0 amide bonds. The van der Waals surface area contributed by atoms with Crippen molar-refractivity contribution in [1.29, 1.82) is 0 Å². The Balaban J connectivity index is 2.04. The van der Waals surface area contributed by atoms with Crippen molar-refractivity contribution in [2.24, 2.45) is 18.4 Å². The lowest BCUT2D eigenvalue weighted by atomic mass is 9.78. The number of nitrogens with one attached hydrogen (secondary N) is 1. The van der Waals surface area contributed by atoms with Gasteiger partial charge in [0.15, 0.2) is 0 Å². The van der Waals surface area contributed by atoms with Gasteiger partial charge in [-0.2, -0.15) is 5.10 Å². The molecule has 0 saturated carbocycles. The summed E-state index contributed by atoms with van der Waals surface area (Å²) in [5.41, 5.74) is 2.65. The van der Waals surface area contributed by atoms with Crippen LogP contribution >= 0.6 is 0 Å². The fourth-order valence-corrected chi connectivity index (χ4v) is 3.09. The van der Waals surface area contributed by atoms with Crippen LogP contribution in [0.25, 0.3) is 0 Å². The molecule has 0 aromatic carbocycles. The first-order valence-corrected chi connectivity index (χ1v) is 7.79. The maximum absolute atomic E-state index is 5.79. The second-order valence-electron chi connectivity index (χ2n) is 6.76. The lowest BCUT2D eigenvalue weighted by molar-refractivity contribution is -0.00828. The Hall–Kier alpha value is -0.870. The molecule has 0 aliphatic carbocycles. The van der Waals surface area contributed by atoms with Gasteiger partial charge in [-0.25, -0.2) is 0 Å². The van der Waals surface area contributed by atoms with E-state index in [0.29, 0.717) is 5.92 Å². The summed E-state index contributed by atoms with van der Waals surface area (Å²) in [6.07, 6.45) is 3.46. The SMILES string of the molecule is Cc1cc(CC2(CNCC(C)C)CCCOC2)n(C)n1. The summed E-state index contributed by atoms with van der Waals surface area (Å²) < 4.78 is 7.81. The van der Waals surface area contributed by atoms with Gasteiger partial charge in [-0.3, -0.25) is 4.68 Å². The molecule has 1 aromatic heterocycles. The van der Waals surface area contributed by atoms with Crippen LogP contribution in [0.5, 0.6) is 0 Å². The van der Waals surface area contributed by atoms with Crippen LogP contribution in [0.2, 0.25) is 0 Å². The third kappa shape index (κ3) is 4.06. The minimum atomic E-state index is 0.230. The van der Waals surface area contributed by atoms with E-state index in [9.17, 15) is 0 Å². The van der Waals surface area contributed by atoms with E-state index in [1.165, 1.54) is 18.5 Å². The third-order valence-electron chi connectivity index (χ3n) is 4.11. The molecule has 114 valence electrons. The fourth-order valence-electron chi connectivity index (χ4n) is 3.09. The van der Waals surface area contributed by atoms with Crippen LogP contribution in [0, 0.1) is 18.3 Å². The molecule has 1 unspecified atom stereocenters. The third-order valence-corrected chi connectivity index (χ3v) is 4.11. The zero-order chi connectivity index (χ0) is 14.6. The van der Waals surface area contributed by atoms with E-state index < -0.39 is 0 Å². The summed E-state index contributed by atoms with van der Waals surface area (Å²) in [6, 6.07) is 2.21. The molecule has 2 rings (SSSR count). The van der Waals surface area contributed by atoms with E-state index in [4.69, 9.17) is 4.74 Å². The summed E-state index contributed by atoms with van der Waals surface area (Å²) in [6.45, 7) is 10.5. The van der Waals surface area contributed by atoms with E-state index in [1.807, 2.05) is 11.7 Å². The van der Waals surface area contributed by atoms with E-state index in [2.05, 4.69) is 37.3 Å². The Morgan fingerprint density at radius 3 is 2.85 bits per heavy atom. The molecule has 4 heteroatoms. The molecule has 4 nitrogen and oxygen atoms in total. The maximum atomic E-state index is 5.79. The number of nitrogens with zero attached hydrogens (tertiary/aromatic N) is 2. The quantitative estimate of drug-likeness (QED) is 0.868. The van der Waals surface area contributed by atoms with Crippen molar-refractivity contribution in [2.45, 2.75) is 40.0 Å². The molecule has 1 aliphatic heterocycles. The highest BCUT2D eigenvalue weighted by atomic mass is 16.5. The standard InChI is InChI=1S/C16H29N3O/c1-13(2)10-17-11-16(6-5-7-20-12-16)9-15-8-14(3)18-19(15)4/h8,13,17H,5-7,9-12H2,1-4H3. The molecular formula is C16H29N3O. The number of hydrogen-bond acceptors (Lipinski definition) is 3. The highest BCUT2D eigenvalue weighted by Gasteiger charge is 2.33. The average Bonchev–Trinajstić information content (AvgIpc) is 2.68. The summed E-state index contributed by atoms with van der Waals surface area (Å²) >= 11 is 0. The van der Waals surface area contributed by atoms with Crippen molar-refractivity contribution in [3.63, 3.8) is 0 Å². The van der Waals surface area contributed by atoms with Crippen molar-refractivity contribution in [3.8, 4) is 0 Å². The second-order valence-corrected chi connectivity index (χ2v) is 6.76. The number of aryl methyl sites for hydroxylation is 2. The van der Waals surface area contributed by atoms with E-state index in [-0.39, 0.29) is 5.41 Å². The minimum absolute atomic E-state index is 0.230. The van der Waals surface area contributed by atoms with E-state index >= 15 is 0 Å². The summed E-state index contributed by atoms with van der Waals surface area (Å²) in [7, 11) is 2.04. The highest BCUT2D eigenvalue weighted by Crippen LogP contribution is 2.32. The minimum Gasteiger partial charge on any atom is -0.381 e. The Bertz CT molecular complexity index is 419. The number of rotatable bonds is 6. The van der Waals surface area contributed by atoms with Gasteiger partial charge in [0.2, 0.25) is 0 Å². The smallest absolute Gasteiger partial charge is 0.0596 e. The van der Waals surface area contributed by atoms with Gasteiger partial charge in [-0.1, -0.05) is 13.8 Å². The zero-order valence-corrected chi connectivity index (χ0v) is 13.4. The van der Waals surface area contributed by atoms with Crippen LogP contribution in [-0.4, -0.2) is 36.1 Å². The number of aromatic nitrogens is 2. The van der Waals surface area contributed by atoms with Crippen molar-refractivity contribution in [3.05, 3.63) is 17.5 Å². The molecule has 0 bridgehead atoms. The lowest BCUT2D eigenvalue weighted by Gasteiger charge is -2.37. The molecule has 1 N–H and O–H groups in total. The predicted octanol–water partition coefficient (Wildman–Crippen LogP) is 2.31. The molecule has 1 aliphatic rings. The van der Waals surface area contributed by atoms with Crippen molar-refractivity contribution < 1.29 is 4.74 Å². The maximum Gasteiger partial charge on any atom is 0.0596 e. The first-order chi connectivity index (χ1) is 9.51. The Labute approximate surface area is 122 Å². The number of hydrogen-bond donors (Lipinski definition) is 1. The van der Waals surface area contributed by atoms with Gasteiger partial charge in [-0.15, -0.1) is 0 Å². The van der Waals surface area contributed by atoms with Crippen molar-refractivity contribution in [2.75, 3.05) is 26.3 Å². The van der Waals surface area contributed by atoms with Gasteiger partial charge in [0.1, 0.15) is 0 Å². The zero-order valence-electron chi connectivity index (χ0n) is 13.4. The monoisotopic (exact) mass is 279 g/mol. The largest absolute Gasteiger partial charge is 0.381 e. The number of ether oxygens (including phenoxy) is 1. The topological polar surface area (TPSA) is 39.1 Å². The van der Waals surface area contributed by atoms with Crippen molar-refractivity contribution >= 4 is 0 Å². The second kappa shape index (κ2) is 6.72. The van der Waals surface area contributed by atoms with E-state index in [1.54, 1.807) is 0 Å². The lowest BCUT2D eigenvalue weighted by Crippen LogP contribution is -2.43. The van der Waals surface area contributed by atoms with Gasteiger partial charge in [0.05, 0.1) is 12.3 Å². The first kappa shape index (κ1) is 15.5. The molecule has 1 saturated heterocycles. The molecule has 0 radical (unpaired) electrons. The van der Waals surface area contributed by atoms with Crippen LogP contribution in [0.4, 0.5) is 0 Å². The molecule has 1 atom stereocenters. The van der Waals surface area contributed by atoms with Gasteiger partial charge in [-0.05, 0) is 44.7 Å². The fraction of sp³-hybridized carbons (Fsp3) is 0.812. The van der Waals surface area contributed by atoms with Gasteiger partial charge in [0.25, 0.3) is 0 Å². The van der Waals surface area contributed by atoms with Crippen LogP contribution in [0.15, 0.2) is 6.07 Å². The Kier molecular flexibility index (Phi) is 5.22. The van der Waals surface area contributed by atoms with Gasteiger partial charge < -0.3 is 10.1 Å².